The van der Waals surface area contributed by atoms with Crippen molar-refractivity contribution in [3.63, 3.8) is 0 Å². The molecule has 6 nitrogen and oxygen atoms in total. The van der Waals surface area contributed by atoms with E-state index >= 15 is 0 Å². The van der Waals surface area contributed by atoms with E-state index in [-0.39, 0.29) is 0 Å². The standard InChI is InChI=1S/C20H31N5O/c1-16-18(11-22-23(16)2)12-24-13-19-7-9-21-25(19)10-8-20(24)15-26-14-17-5-3-4-6-17/h7,9,11,17,20H,3-6,8,10,12-15H2,1-2H3/t20-/m1/s1. The number of fused-ring (bicyclic) bond motifs is 1. The second-order valence-electron chi connectivity index (χ2n) is 7.96. The predicted molar refractivity (Wildman–Crippen MR) is 101 cm³/mol. The minimum atomic E-state index is 0.428. The zero-order valence-corrected chi connectivity index (χ0v) is 16.1. The fourth-order valence-corrected chi connectivity index (χ4v) is 4.33. The molecule has 2 aromatic heterocycles. The molecular weight excluding hydrogens is 326 g/mol. The van der Waals surface area contributed by atoms with Gasteiger partial charge in [-0.3, -0.25) is 14.3 Å². The highest BCUT2D eigenvalue weighted by Gasteiger charge is 2.26. The topological polar surface area (TPSA) is 48.1 Å². The van der Waals surface area contributed by atoms with Crippen LogP contribution in [0.25, 0.3) is 0 Å². The van der Waals surface area contributed by atoms with Crippen LogP contribution in [-0.2, 0) is 31.4 Å². The smallest absolute Gasteiger partial charge is 0.0622 e. The third-order valence-corrected chi connectivity index (χ3v) is 6.21. The van der Waals surface area contributed by atoms with Crippen LogP contribution in [0.15, 0.2) is 18.5 Å². The van der Waals surface area contributed by atoms with E-state index in [0.717, 1.165) is 45.2 Å². The van der Waals surface area contributed by atoms with Gasteiger partial charge in [-0.15, -0.1) is 0 Å². The van der Waals surface area contributed by atoms with Crippen molar-refractivity contribution in [2.75, 3.05) is 13.2 Å². The van der Waals surface area contributed by atoms with Gasteiger partial charge in [0, 0.05) is 56.8 Å². The third-order valence-electron chi connectivity index (χ3n) is 6.21. The summed E-state index contributed by atoms with van der Waals surface area (Å²) < 4.78 is 10.3. The van der Waals surface area contributed by atoms with Gasteiger partial charge in [0.1, 0.15) is 0 Å². The Hall–Kier alpha value is -1.66. The van der Waals surface area contributed by atoms with Gasteiger partial charge in [0.05, 0.1) is 18.5 Å². The van der Waals surface area contributed by atoms with E-state index in [0.29, 0.717) is 6.04 Å². The van der Waals surface area contributed by atoms with E-state index in [2.05, 4.69) is 32.8 Å². The van der Waals surface area contributed by atoms with Crippen molar-refractivity contribution < 1.29 is 4.74 Å². The van der Waals surface area contributed by atoms with Crippen molar-refractivity contribution in [3.8, 4) is 0 Å². The molecular formula is C20H31N5O. The molecule has 0 bridgehead atoms. The van der Waals surface area contributed by atoms with Gasteiger partial charge in [-0.2, -0.15) is 10.2 Å². The molecule has 0 amide bonds. The van der Waals surface area contributed by atoms with Gasteiger partial charge in [0.25, 0.3) is 0 Å². The molecule has 1 saturated carbocycles. The fourth-order valence-electron chi connectivity index (χ4n) is 4.33. The lowest BCUT2D eigenvalue weighted by molar-refractivity contribution is 0.0340. The van der Waals surface area contributed by atoms with Crippen LogP contribution in [0.1, 0.15) is 49.1 Å². The summed E-state index contributed by atoms with van der Waals surface area (Å²) in [4.78, 5) is 2.55. The number of rotatable bonds is 6. The van der Waals surface area contributed by atoms with Crippen LogP contribution in [0.4, 0.5) is 0 Å². The van der Waals surface area contributed by atoms with Crippen molar-refractivity contribution >= 4 is 0 Å². The third kappa shape index (κ3) is 3.86. The highest BCUT2D eigenvalue weighted by molar-refractivity contribution is 5.16. The number of aryl methyl sites for hydroxylation is 2. The van der Waals surface area contributed by atoms with E-state index in [4.69, 9.17) is 4.74 Å². The Morgan fingerprint density at radius 2 is 2.00 bits per heavy atom. The summed E-state index contributed by atoms with van der Waals surface area (Å²) in [5.74, 6) is 0.783. The highest BCUT2D eigenvalue weighted by Crippen LogP contribution is 2.26. The maximum atomic E-state index is 6.20. The first-order valence-electron chi connectivity index (χ1n) is 10.0. The van der Waals surface area contributed by atoms with E-state index in [9.17, 15) is 0 Å². The second-order valence-corrected chi connectivity index (χ2v) is 7.96. The molecule has 26 heavy (non-hydrogen) atoms. The number of ether oxygens (including phenoxy) is 1. The van der Waals surface area contributed by atoms with Crippen molar-refractivity contribution in [2.24, 2.45) is 13.0 Å². The Labute approximate surface area is 156 Å². The average Bonchev–Trinajstić information content (AvgIpc) is 3.35. The van der Waals surface area contributed by atoms with Crippen molar-refractivity contribution in [2.45, 2.75) is 64.7 Å². The minimum absolute atomic E-state index is 0.428. The Bertz CT molecular complexity index is 716. The first-order chi connectivity index (χ1) is 12.7. The SMILES string of the molecule is Cc1c(CN2Cc3ccnn3CC[C@@H]2COCC2CCCC2)cnn1C. The van der Waals surface area contributed by atoms with E-state index in [1.54, 1.807) is 0 Å². The van der Waals surface area contributed by atoms with Crippen LogP contribution in [0.2, 0.25) is 0 Å². The molecule has 2 aliphatic rings. The molecule has 3 heterocycles. The Kier molecular flexibility index (Phi) is 5.41. The molecule has 0 aromatic carbocycles. The van der Waals surface area contributed by atoms with Gasteiger partial charge in [-0.05, 0) is 38.2 Å². The molecule has 142 valence electrons. The predicted octanol–water partition coefficient (Wildman–Crippen LogP) is 2.91. The molecule has 1 aliphatic carbocycles. The lowest BCUT2D eigenvalue weighted by Gasteiger charge is -2.29. The fraction of sp³-hybridized carbons (Fsp3) is 0.700. The first-order valence-corrected chi connectivity index (χ1v) is 10.0. The zero-order valence-electron chi connectivity index (χ0n) is 16.1. The largest absolute Gasteiger partial charge is 0.380 e. The molecule has 0 N–H and O–H groups in total. The maximum Gasteiger partial charge on any atom is 0.0622 e. The van der Waals surface area contributed by atoms with Crippen LogP contribution in [0.3, 0.4) is 0 Å². The number of aromatic nitrogens is 4. The van der Waals surface area contributed by atoms with Crippen LogP contribution >= 0.6 is 0 Å². The van der Waals surface area contributed by atoms with Crippen molar-refractivity contribution in [1.29, 1.82) is 0 Å². The van der Waals surface area contributed by atoms with Crippen LogP contribution < -0.4 is 0 Å². The summed E-state index contributed by atoms with van der Waals surface area (Å²) in [6, 6.07) is 2.57. The van der Waals surface area contributed by atoms with Crippen LogP contribution in [0.5, 0.6) is 0 Å². The summed E-state index contributed by atoms with van der Waals surface area (Å²) in [6.07, 6.45) is 10.5. The molecule has 6 heteroatoms. The van der Waals surface area contributed by atoms with Gasteiger partial charge >= 0.3 is 0 Å². The lowest BCUT2D eigenvalue weighted by atomic mass is 10.1. The summed E-state index contributed by atoms with van der Waals surface area (Å²) >= 11 is 0. The molecule has 0 unspecified atom stereocenters. The molecule has 0 radical (unpaired) electrons. The van der Waals surface area contributed by atoms with E-state index in [1.807, 2.05) is 24.1 Å². The molecule has 1 fully saturated rings. The molecule has 2 aromatic rings. The van der Waals surface area contributed by atoms with Crippen molar-refractivity contribution in [3.05, 3.63) is 35.4 Å². The summed E-state index contributed by atoms with van der Waals surface area (Å²) in [5.41, 5.74) is 3.85. The van der Waals surface area contributed by atoms with Crippen LogP contribution in [0, 0.1) is 12.8 Å². The highest BCUT2D eigenvalue weighted by atomic mass is 16.5. The minimum Gasteiger partial charge on any atom is -0.380 e. The quantitative estimate of drug-likeness (QED) is 0.798. The second kappa shape index (κ2) is 7.92. The van der Waals surface area contributed by atoms with E-state index in [1.165, 1.54) is 42.6 Å². The molecule has 1 atom stereocenters. The monoisotopic (exact) mass is 357 g/mol. The van der Waals surface area contributed by atoms with Gasteiger partial charge < -0.3 is 4.74 Å². The molecule has 0 spiro atoms. The van der Waals surface area contributed by atoms with E-state index < -0.39 is 0 Å². The summed E-state index contributed by atoms with van der Waals surface area (Å²) in [6.45, 7) is 6.72. The average molecular weight is 358 g/mol. The zero-order chi connectivity index (χ0) is 17.9. The number of nitrogens with zero attached hydrogens (tertiary/aromatic N) is 5. The van der Waals surface area contributed by atoms with Gasteiger partial charge in [0.2, 0.25) is 0 Å². The first kappa shape index (κ1) is 17.7. The Morgan fingerprint density at radius 3 is 2.77 bits per heavy atom. The summed E-state index contributed by atoms with van der Waals surface area (Å²) in [7, 11) is 2.01. The van der Waals surface area contributed by atoms with Crippen molar-refractivity contribution in [1.82, 2.24) is 24.5 Å². The number of hydrogen-bond donors (Lipinski definition) is 0. The molecule has 4 rings (SSSR count). The molecule has 0 saturated heterocycles. The normalized spacial score (nSPS) is 21.8. The Balaban J connectivity index is 1.44. The summed E-state index contributed by atoms with van der Waals surface area (Å²) in [5, 5.41) is 8.91. The van der Waals surface area contributed by atoms with Crippen LogP contribution in [-0.4, -0.2) is 43.7 Å². The van der Waals surface area contributed by atoms with Gasteiger partial charge in [-0.25, -0.2) is 0 Å². The maximum absolute atomic E-state index is 6.20. The van der Waals surface area contributed by atoms with Gasteiger partial charge in [-0.1, -0.05) is 12.8 Å². The lowest BCUT2D eigenvalue weighted by Crippen LogP contribution is -2.37. The number of hydrogen-bond acceptors (Lipinski definition) is 4. The molecule has 1 aliphatic heterocycles. The Morgan fingerprint density at radius 1 is 1.15 bits per heavy atom. The van der Waals surface area contributed by atoms with Gasteiger partial charge in [0.15, 0.2) is 0 Å².